The molecule has 2 aromatic heterocycles. The highest BCUT2D eigenvalue weighted by molar-refractivity contribution is 7.90. The fourth-order valence-electron chi connectivity index (χ4n) is 1.45. The van der Waals surface area contributed by atoms with Crippen LogP contribution >= 0.6 is 11.3 Å². The number of thiazole rings is 1. The van der Waals surface area contributed by atoms with Gasteiger partial charge < -0.3 is 5.73 Å². The van der Waals surface area contributed by atoms with Gasteiger partial charge in [-0.3, -0.25) is 4.40 Å². The predicted molar refractivity (Wildman–Crippen MR) is 64.2 cm³/mol. The third-order valence-electron chi connectivity index (χ3n) is 2.17. The third kappa shape index (κ3) is 2.60. The summed E-state index contributed by atoms with van der Waals surface area (Å²) in [4.78, 5) is 5.06. The molecule has 0 aliphatic carbocycles. The van der Waals surface area contributed by atoms with Crippen LogP contribution < -0.4 is 5.73 Å². The average Bonchev–Trinajstić information content (AvgIpc) is 2.74. The molecule has 88 valence electrons. The molecular weight excluding hydrogens is 246 g/mol. The van der Waals surface area contributed by atoms with Gasteiger partial charge in [-0.25, -0.2) is 13.4 Å². The van der Waals surface area contributed by atoms with Crippen LogP contribution in [0.4, 0.5) is 0 Å². The van der Waals surface area contributed by atoms with Crippen LogP contribution in [0.15, 0.2) is 17.8 Å². The molecule has 16 heavy (non-hydrogen) atoms. The van der Waals surface area contributed by atoms with Crippen LogP contribution in [-0.4, -0.2) is 30.1 Å². The molecule has 0 aliphatic rings. The number of fused-ring (bicyclic) bond motifs is 1. The van der Waals surface area contributed by atoms with Crippen LogP contribution in [0.2, 0.25) is 0 Å². The van der Waals surface area contributed by atoms with E-state index in [-0.39, 0.29) is 11.5 Å². The predicted octanol–water partition coefficient (Wildman–Crippen LogP) is 0.659. The molecule has 0 aromatic carbocycles. The van der Waals surface area contributed by atoms with Gasteiger partial charge in [-0.1, -0.05) is 0 Å². The van der Waals surface area contributed by atoms with Crippen molar-refractivity contribution in [3.05, 3.63) is 23.5 Å². The second-order valence-electron chi connectivity index (χ2n) is 3.56. The van der Waals surface area contributed by atoms with E-state index >= 15 is 0 Å². The summed E-state index contributed by atoms with van der Waals surface area (Å²) in [6.45, 7) is 0.400. The highest BCUT2D eigenvalue weighted by Gasteiger charge is 2.14. The van der Waals surface area contributed by atoms with Gasteiger partial charge in [-0.05, 0) is 13.0 Å². The maximum atomic E-state index is 11.7. The molecule has 0 bridgehead atoms. The molecule has 2 heterocycles. The number of aromatic nitrogens is 2. The van der Waals surface area contributed by atoms with Gasteiger partial charge in [0.1, 0.15) is 0 Å². The Morgan fingerprint density at radius 1 is 1.50 bits per heavy atom. The summed E-state index contributed by atoms with van der Waals surface area (Å²) in [6, 6.07) is 0. The van der Waals surface area contributed by atoms with Gasteiger partial charge in [0.2, 0.25) is 0 Å². The van der Waals surface area contributed by atoms with Crippen LogP contribution in [0.3, 0.4) is 0 Å². The van der Waals surface area contributed by atoms with Crippen LogP contribution in [0, 0.1) is 0 Å². The van der Waals surface area contributed by atoms with E-state index in [0.29, 0.717) is 18.7 Å². The van der Waals surface area contributed by atoms with Crippen molar-refractivity contribution < 1.29 is 8.42 Å². The molecule has 0 saturated carbocycles. The first-order valence-electron chi connectivity index (χ1n) is 4.92. The van der Waals surface area contributed by atoms with E-state index in [0.717, 1.165) is 4.96 Å². The van der Waals surface area contributed by atoms with Crippen molar-refractivity contribution in [2.75, 3.05) is 12.3 Å². The molecule has 0 fully saturated rings. The van der Waals surface area contributed by atoms with Crippen molar-refractivity contribution in [3.8, 4) is 0 Å². The van der Waals surface area contributed by atoms with E-state index in [2.05, 4.69) is 4.98 Å². The largest absolute Gasteiger partial charge is 0.330 e. The summed E-state index contributed by atoms with van der Waals surface area (Å²) in [7, 11) is -3.07. The molecule has 0 spiro atoms. The Labute approximate surface area is 97.8 Å². The highest BCUT2D eigenvalue weighted by Crippen LogP contribution is 2.13. The minimum absolute atomic E-state index is 0.00139. The molecule has 0 radical (unpaired) electrons. The lowest BCUT2D eigenvalue weighted by atomic mass is 10.5. The minimum atomic E-state index is -3.07. The normalized spacial score (nSPS) is 12.3. The van der Waals surface area contributed by atoms with Crippen LogP contribution in [0.5, 0.6) is 0 Å². The topological polar surface area (TPSA) is 77.5 Å². The van der Waals surface area contributed by atoms with Crippen molar-refractivity contribution in [1.29, 1.82) is 0 Å². The van der Waals surface area contributed by atoms with Gasteiger partial charge in [0, 0.05) is 17.8 Å². The van der Waals surface area contributed by atoms with Gasteiger partial charge in [-0.2, -0.15) is 0 Å². The Morgan fingerprint density at radius 2 is 2.31 bits per heavy atom. The number of hydrogen-bond acceptors (Lipinski definition) is 5. The third-order valence-corrected chi connectivity index (χ3v) is 4.59. The van der Waals surface area contributed by atoms with Crippen molar-refractivity contribution >= 4 is 26.1 Å². The molecule has 2 rings (SSSR count). The molecular formula is C9H13N3O2S2. The fraction of sp³-hybridized carbons (Fsp3) is 0.444. The van der Waals surface area contributed by atoms with Crippen LogP contribution in [0.25, 0.3) is 4.96 Å². The molecule has 0 atom stereocenters. The first kappa shape index (κ1) is 11.6. The number of nitrogens with zero attached hydrogens (tertiary/aromatic N) is 2. The molecule has 0 amide bonds. The standard InChI is InChI=1S/C9H13N3O2S2/c10-2-1-5-16(13,14)7-8-6-12-3-4-15-9(12)11-8/h3-4,6H,1-2,5,7,10H2. The lowest BCUT2D eigenvalue weighted by molar-refractivity contribution is 0.592. The monoisotopic (exact) mass is 259 g/mol. The van der Waals surface area contributed by atoms with Crippen molar-refractivity contribution in [3.63, 3.8) is 0 Å². The van der Waals surface area contributed by atoms with Gasteiger partial charge >= 0.3 is 0 Å². The molecule has 0 aliphatic heterocycles. The fourth-order valence-corrected chi connectivity index (χ4v) is 3.51. The quantitative estimate of drug-likeness (QED) is 0.855. The molecule has 2 aromatic rings. The number of hydrogen-bond donors (Lipinski definition) is 1. The zero-order chi connectivity index (χ0) is 11.6. The van der Waals surface area contributed by atoms with Crippen molar-refractivity contribution in [1.82, 2.24) is 9.38 Å². The summed E-state index contributed by atoms with van der Waals surface area (Å²) >= 11 is 1.49. The molecule has 7 heteroatoms. The molecule has 2 N–H and O–H groups in total. The summed E-state index contributed by atoms with van der Waals surface area (Å²) in [5, 5.41) is 1.91. The Balaban J connectivity index is 2.12. The lowest BCUT2D eigenvalue weighted by Gasteiger charge is -1.99. The number of rotatable bonds is 5. The van der Waals surface area contributed by atoms with Gasteiger partial charge in [0.15, 0.2) is 14.8 Å². The summed E-state index contributed by atoms with van der Waals surface area (Å²) in [5.41, 5.74) is 5.89. The number of sulfone groups is 1. The van der Waals surface area contributed by atoms with Gasteiger partial charge in [-0.15, -0.1) is 11.3 Å². The van der Waals surface area contributed by atoms with E-state index in [9.17, 15) is 8.42 Å². The van der Waals surface area contributed by atoms with Crippen molar-refractivity contribution in [2.45, 2.75) is 12.2 Å². The van der Waals surface area contributed by atoms with Crippen LogP contribution in [0.1, 0.15) is 12.1 Å². The Bertz CT molecular complexity index is 542. The van der Waals surface area contributed by atoms with E-state index in [4.69, 9.17) is 5.73 Å². The maximum absolute atomic E-state index is 11.7. The minimum Gasteiger partial charge on any atom is -0.330 e. The van der Waals surface area contributed by atoms with Crippen LogP contribution in [-0.2, 0) is 15.6 Å². The van der Waals surface area contributed by atoms with Gasteiger partial charge in [0.05, 0.1) is 17.2 Å². The summed E-state index contributed by atoms with van der Waals surface area (Å²) in [6.07, 6.45) is 4.12. The van der Waals surface area contributed by atoms with E-state index in [1.54, 1.807) is 6.20 Å². The lowest BCUT2D eigenvalue weighted by Crippen LogP contribution is -2.13. The summed E-state index contributed by atoms with van der Waals surface area (Å²) < 4.78 is 25.1. The average molecular weight is 259 g/mol. The Hall–Kier alpha value is -0.920. The smallest absolute Gasteiger partial charge is 0.193 e. The zero-order valence-corrected chi connectivity index (χ0v) is 10.3. The zero-order valence-electron chi connectivity index (χ0n) is 8.67. The molecule has 0 saturated heterocycles. The second-order valence-corrected chi connectivity index (χ2v) is 6.62. The van der Waals surface area contributed by atoms with Gasteiger partial charge in [0.25, 0.3) is 0 Å². The highest BCUT2D eigenvalue weighted by atomic mass is 32.2. The van der Waals surface area contributed by atoms with E-state index in [1.165, 1.54) is 11.3 Å². The van der Waals surface area contributed by atoms with E-state index < -0.39 is 9.84 Å². The van der Waals surface area contributed by atoms with E-state index in [1.807, 2.05) is 16.0 Å². The second kappa shape index (κ2) is 4.52. The first-order valence-corrected chi connectivity index (χ1v) is 7.62. The number of imidazole rings is 1. The first-order chi connectivity index (χ1) is 7.61. The summed E-state index contributed by atoms with van der Waals surface area (Å²) in [5.74, 6) is 0.135. The maximum Gasteiger partial charge on any atom is 0.193 e. The SMILES string of the molecule is NCCCS(=O)(=O)Cc1cn2ccsc2n1. The Morgan fingerprint density at radius 3 is 3.00 bits per heavy atom. The molecule has 5 nitrogen and oxygen atoms in total. The number of nitrogens with two attached hydrogens (primary N) is 1. The Kier molecular flexibility index (Phi) is 3.27. The molecule has 0 unspecified atom stereocenters. The van der Waals surface area contributed by atoms with Crippen molar-refractivity contribution in [2.24, 2.45) is 5.73 Å².